The molecule has 2 N–H and O–H groups in total. The zero-order chi connectivity index (χ0) is 15.0. The second-order valence-corrected chi connectivity index (χ2v) is 5.05. The predicted molar refractivity (Wildman–Crippen MR) is 78.7 cm³/mol. The third-order valence-electron chi connectivity index (χ3n) is 3.64. The monoisotopic (exact) mass is 283 g/mol. The van der Waals surface area contributed by atoms with Crippen LogP contribution in [0.1, 0.15) is 34.6 Å². The van der Waals surface area contributed by atoms with Gasteiger partial charge in [-0.25, -0.2) is 0 Å². The Kier molecular flexibility index (Phi) is 3.35. The van der Waals surface area contributed by atoms with E-state index in [4.69, 9.17) is 14.6 Å². The van der Waals surface area contributed by atoms with Gasteiger partial charge in [-0.2, -0.15) is 0 Å². The molecule has 108 valence electrons. The SMILES string of the molecule is Cc1oc(C)c(-c2nnc(C(N)c3ccccc3)o2)c1C. The van der Waals surface area contributed by atoms with Crippen molar-refractivity contribution in [1.82, 2.24) is 10.2 Å². The van der Waals surface area contributed by atoms with Crippen LogP contribution in [0.3, 0.4) is 0 Å². The van der Waals surface area contributed by atoms with Crippen molar-refractivity contribution in [2.45, 2.75) is 26.8 Å². The van der Waals surface area contributed by atoms with Crippen molar-refractivity contribution in [3.63, 3.8) is 0 Å². The molecule has 5 heteroatoms. The van der Waals surface area contributed by atoms with E-state index in [9.17, 15) is 0 Å². The highest BCUT2D eigenvalue weighted by Crippen LogP contribution is 2.31. The molecule has 0 saturated heterocycles. The average Bonchev–Trinajstić information content (AvgIpc) is 3.05. The first-order valence-electron chi connectivity index (χ1n) is 6.79. The summed E-state index contributed by atoms with van der Waals surface area (Å²) >= 11 is 0. The average molecular weight is 283 g/mol. The fourth-order valence-corrected chi connectivity index (χ4v) is 2.37. The Bertz CT molecular complexity index is 759. The van der Waals surface area contributed by atoms with E-state index in [1.165, 1.54) is 0 Å². The summed E-state index contributed by atoms with van der Waals surface area (Å²) in [6.07, 6.45) is 0. The van der Waals surface area contributed by atoms with Crippen molar-refractivity contribution in [1.29, 1.82) is 0 Å². The first-order valence-corrected chi connectivity index (χ1v) is 6.79. The van der Waals surface area contributed by atoms with Gasteiger partial charge in [0.1, 0.15) is 17.6 Å². The maximum atomic E-state index is 6.17. The van der Waals surface area contributed by atoms with Crippen LogP contribution in [0.5, 0.6) is 0 Å². The Morgan fingerprint density at radius 3 is 2.29 bits per heavy atom. The minimum Gasteiger partial charge on any atom is -0.466 e. The molecule has 3 aromatic rings. The highest BCUT2D eigenvalue weighted by Gasteiger charge is 2.21. The van der Waals surface area contributed by atoms with Gasteiger partial charge in [0.05, 0.1) is 5.56 Å². The Hall–Kier alpha value is -2.40. The smallest absolute Gasteiger partial charge is 0.251 e. The van der Waals surface area contributed by atoms with Gasteiger partial charge in [0.2, 0.25) is 5.89 Å². The molecule has 0 aliphatic heterocycles. The minimum atomic E-state index is -0.430. The van der Waals surface area contributed by atoms with Gasteiger partial charge in [0.15, 0.2) is 0 Å². The second-order valence-electron chi connectivity index (χ2n) is 5.05. The van der Waals surface area contributed by atoms with Crippen molar-refractivity contribution in [2.75, 3.05) is 0 Å². The number of nitrogens with zero attached hydrogens (tertiary/aromatic N) is 2. The van der Waals surface area contributed by atoms with Crippen LogP contribution in [0.15, 0.2) is 39.2 Å². The van der Waals surface area contributed by atoms with E-state index in [0.717, 1.165) is 28.2 Å². The van der Waals surface area contributed by atoms with Crippen molar-refractivity contribution in [3.05, 3.63) is 58.9 Å². The lowest BCUT2D eigenvalue weighted by molar-refractivity contribution is 0.479. The van der Waals surface area contributed by atoms with Crippen LogP contribution in [0.2, 0.25) is 0 Å². The van der Waals surface area contributed by atoms with Gasteiger partial charge in [0, 0.05) is 5.56 Å². The zero-order valence-corrected chi connectivity index (χ0v) is 12.3. The van der Waals surface area contributed by atoms with E-state index < -0.39 is 6.04 Å². The van der Waals surface area contributed by atoms with E-state index in [-0.39, 0.29) is 0 Å². The summed E-state index contributed by atoms with van der Waals surface area (Å²) in [7, 11) is 0. The number of benzene rings is 1. The van der Waals surface area contributed by atoms with Gasteiger partial charge in [0.25, 0.3) is 5.89 Å². The number of nitrogens with two attached hydrogens (primary N) is 1. The number of aromatic nitrogens is 2. The highest BCUT2D eigenvalue weighted by molar-refractivity contribution is 5.61. The van der Waals surface area contributed by atoms with E-state index in [0.29, 0.717) is 11.8 Å². The number of hydrogen-bond donors (Lipinski definition) is 1. The summed E-state index contributed by atoms with van der Waals surface area (Å²) in [4.78, 5) is 0. The summed E-state index contributed by atoms with van der Waals surface area (Å²) < 4.78 is 11.3. The molecule has 1 atom stereocenters. The Labute approximate surface area is 122 Å². The molecule has 0 bridgehead atoms. The molecular formula is C16H17N3O2. The molecule has 1 unspecified atom stereocenters. The van der Waals surface area contributed by atoms with Gasteiger partial charge < -0.3 is 14.6 Å². The van der Waals surface area contributed by atoms with Gasteiger partial charge in [-0.05, 0) is 26.3 Å². The van der Waals surface area contributed by atoms with Gasteiger partial charge in [-0.3, -0.25) is 0 Å². The Balaban J connectivity index is 1.97. The Morgan fingerprint density at radius 1 is 0.952 bits per heavy atom. The van der Waals surface area contributed by atoms with Crippen LogP contribution in [0.4, 0.5) is 0 Å². The van der Waals surface area contributed by atoms with Crippen molar-refractivity contribution in [3.8, 4) is 11.5 Å². The molecule has 0 radical (unpaired) electrons. The fourth-order valence-electron chi connectivity index (χ4n) is 2.37. The van der Waals surface area contributed by atoms with Crippen LogP contribution in [0.25, 0.3) is 11.5 Å². The molecule has 1 aromatic carbocycles. The molecule has 0 aliphatic carbocycles. The first kappa shape index (κ1) is 13.6. The molecule has 3 rings (SSSR count). The second kappa shape index (κ2) is 5.18. The number of furan rings is 1. The third-order valence-corrected chi connectivity index (χ3v) is 3.64. The van der Waals surface area contributed by atoms with Crippen LogP contribution >= 0.6 is 0 Å². The van der Waals surface area contributed by atoms with Crippen LogP contribution < -0.4 is 5.73 Å². The topological polar surface area (TPSA) is 78.1 Å². The number of hydrogen-bond acceptors (Lipinski definition) is 5. The molecule has 0 saturated carbocycles. The van der Waals surface area contributed by atoms with E-state index in [1.807, 2.05) is 51.1 Å². The molecule has 2 aromatic heterocycles. The number of aryl methyl sites for hydroxylation is 2. The van der Waals surface area contributed by atoms with Gasteiger partial charge in [-0.1, -0.05) is 30.3 Å². The molecular weight excluding hydrogens is 266 g/mol. The highest BCUT2D eigenvalue weighted by atomic mass is 16.4. The molecule has 0 amide bonds. The predicted octanol–water partition coefficient (Wildman–Crippen LogP) is 3.30. The van der Waals surface area contributed by atoms with Crippen molar-refractivity contribution < 1.29 is 8.83 Å². The lowest BCUT2D eigenvalue weighted by atomic mass is 10.1. The summed E-state index contributed by atoms with van der Waals surface area (Å²) in [5, 5.41) is 8.19. The largest absolute Gasteiger partial charge is 0.466 e. The lowest BCUT2D eigenvalue weighted by Gasteiger charge is -2.06. The quantitative estimate of drug-likeness (QED) is 0.798. The van der Waals surface area contributed by atoms with E-state index in [2.05, 4.69) is 10.2 Å². The first-order chi connectivity index (χ1) is 10.1. The van der Waals surface area contributed by atoms with Gasteiger partial charge >= 0.3 is 0 Å². The zero-order valence-electron chi connectivity index (χ0n) is 12.3. The maximum Gasteiger partial charge on any atom is 0.251 e. The van der Waals surface area contributed by atoms with Crippen molar-refractivity contribution >= 4 is 0 Å². The summed E-state index contributed by atoms with van der Waals surface area (Å²) in [5.41, 5.74) is 8.97. The molecule has 0 aliphatic rings. The summed E-state index contributed by atoms with van der Waals surface area (Å²) in [5.74, 6) is 2.47. The molecule has 21 heavy (non-hydrogen) atoms. The van der Waals surface area contributed by atoms with Crippen molar-refractivity contribution in [2.24, 2.45) is 5.73 Å². The molecule has 0 spiro atoms. The Morgan fingerprint density at radius 2 is 1.67 bits per heavy atom. The van der Waals surface area contributed by atoms with Crippen LogP contribution in [-0.4, -0.2) is 10.2 Å². The van der Waals surface area contributed by atoms with Gasteiger partial charge in [-0.15, -0.1) is 10.2 Å². The summed E-state index contributed by atoms with van der Waals surface area (Å²) in [6, 6.07) is 9.25. The van der Waals surface area contributed by atoms with Crippen LogP contribution in [-0.2, 0) is 0 Å². The minimum absolute atomic E-state index is 0.397. The third kappa shape index (κ3) is 2.36. The normalized spacial score (nSPS) is 12.6. The molecule has 5 nitrogen and oxygen atoms in total. The summed E-state index contributed by atoms with van der Waals surface area (Å²) in [6.45, 7) is 5.78. The standard InChI is InChI=1S/C16H17N3O2/c1-9-10(2)20-11(3)13(9)15-18-19-16(21-15)14(17)12-7-5-4-6-8-12/h4-8,14H,17H2,1-3H3. The molecule has 0 fully saturated rings. The lowest BCUT2D eigenvalue weighted by Crippen LogP contribution is -2.11. The fraction of sp³-hybridized carbons (Fsp3) is 0.250. The maximum absolute atomic E-state index is 6.17. The van der Waals surface area contributed by atoms with Crippen LogP contribution in [0, 0.1) is 20.8 Å². The molecule has 2 heterocycles. The number of rotatable bonds is 3. The van der Waals surface area contributed by atoms with E-state index in [1.54, 1.807) is 0 Å². The van der Waals surface area contributed by atoms with E-state index >= 15 is 0 Å².